The Balaban J connectivity index is 1.81. The third kappa shape index (κ3) is 3.33. The van der Waals surface area contributed by atoms with Crippen molar-refractivity contribution in [2.24, 2.45) is 5.92 Å². The van der Waals surface area contributed by atoms with E-state index in [0.29, 0.717) is 28.3 Å². The molecule has 1 atom stereocenters. The average Bonchev–Trinajstić information content (AvgIpc) is 3.20. The molecule has 1 heterocycles. The van der Waals surface area contributed by atoms with Gasteiger partial charge in [0.1, 0.15) is 5.75 Å². The Morgan fingerprint density at radius 2 is 2.24 bits per heavy atom. The molecule has 2 fully saturated rings. The van der Waals surface area contributed by atoms with Crippen molar-refractivity contribution < 1.29 is 14.3 Å². The summed E-state index contributed by atoms with van der Waals surface area (Å²) in [7, 11) is 1.58. The van der Waals surface area contributed by atoms with Gasteiger partial charge in [-0.2, -0.15) is 0 Å². The van der Waals surface area contributed by atoms with Crippen LogP contribution in [-0.2, 0) is 4.74 Å². The van der Waals surface area contributed by atoms with Crippen molar-refractivity contribution in [1.82, 2.24) is 4.90 Å². The van der Waals surface area contributed by atoms with Gasteiger partial charge in [-0.15, -0.1) is 0 Å². The van der Waals surface area contributed by atoms with Crippen LogP contribution in [-0.4, -0.2) is 43.7 Å². The lowest BCUT2D eigenvalue weighted by molar-refractivity contribution is 0.0703. The highest BCUT2D eigenvalue weighted by molar-refractivity contribution is 6.31. The third-order valence-electron chi connectivity index (χ3n) is 4.12. The molecule has 1 aromatic rings. The Morgan fingerprint density at radius 1 is 1.43 bits per heavy atom. The van der Waals surface area contributed by atoms with E-state index < -0.39 is 0 Å². The molecule has 0 N–H and O–H groups in total. The van der Waals surface area contributed by atoms with Crippen LogP contribution in [0.4, 0.5) is 0 Å². The fourth-order valence-electron chi connectivity index (χ4n) is 2.79. The fraction of sp³-hybridized carbons (Fsp3) is 0.562. The number of rotatable bonds is 5. The minimum atomic E-state index is 0.0174. The van der Waals surface area contributed by atoms with Gasteiger partial charge in [0.05, 0.1) is 19.3 Å². The van der Waals surface area contributed by atoms with Crippen LogP contribution in [0, 0.1) is 5.92 Å². The van der Waals surface area contributed by atoms with Crippen LogP contribution < -0.4 is 4.74 Å². The van der Waals surface area contributed by atoms with Gasteiger partial charge in [0.25, 0.3) is 5.91 Å². The van der Waals surface area contributed by atoms with E-state index in [-0.39, 0.29) is 5.91 Å². The Morgan fingerprint density at radius 3 is 2.86 bits per heavy atom. The molecule has 1 saturated heterocycles. The van der Waals surface area contributed by atoms with Gasteiger partial charge < -0.3 is 14.4 Å². The summed E-state index contributed by atoms with van der Waals surface area (Å²) in [6, 6.07) is 5.55. The van der Waals surface area contributed by atoms with E-state index in [1.54, 1.807) is 25.3 Å². The van der Waals surface area contributed by atoms with E-state index in [1.165, 1.54) is 0 Å². The highest BCUT2D eigenvalue weighted by Gasteiger charge is 2.36. The largest absolute Gasteiger partial charge is 0.496 e. The first-order valence-electron chi connectivity index (χ1n) is 7.41. The second kappa shape index (κ2) is 6.24. The molecule has 1 saturated carbocycles. The number of hydrogen-bond acceptors (Lipinski definition) is 3. The van der Waals surface area contributed by atoms with Crippen LogP contribution in [0.2, 0.25) is 5.02 Å². The number of carbonyl (C=O) groups is 1. The average molecular weight is 310 g/mol. The minimum absolute atomic E-state index is 0.0174. The monoisotopic (exact) mass is 309 g/mol. The van der Waals surface area contributed by atoms with Gasteiger partial charge in [0.2, 0.25) is 0 Å². The van der Waals surface area contributed by atoms with Gasteiger partial charge in [0.15, 0.2) is 0 Å². The molecule has 0 unspecified atom stereocenters. The van der Waals surface area contributed by atoms with E-state index >= 15 is 0 Å². The van der Waals surface area contributed by atoms with Crippen molar-refractivity contribution in [1.29, 1.82) is 0 Å². The molecule has 1 aliphatic heterocycles. The Labute approximate surface area is 130 Å². The summed E-state index contributed by atoms with van der Waals surface area (Å²) in [6.45, 7) is 2.32. The Bertz CT molecular complexity index is 524. The quantitative estimate of drug-likeness (QED) is 0.839. The normalized spacial score (nSPS) is 21.3. The fourth-order valence-corrected chi connectivity index (χ4v) is 2.96. The molecule has 114 valence electrons. The maximum Gasteiger partial charge on any atom is 0.257 e. The summed E-state index contributed by atoms with van der Waals surface area (Å²) in [4.78, 5) is 14.9. The summed E-state index contributed by atoms with van der Waals surface area (Å²) < 4.78 is 10.7. The van der Waals surface area contributed by atoms with Crippen LogP contribution in [0.1, 0.15) is 29.6 Å². The highest BCUT2D eigenvalue weighted by Crippen LogP contribution is 2.32. The van der Waals surface area contributed by atoms with Gasteiger partial charge in [-0.3, -0.25) is 4.79 Å². The van der Waals surface area contributed by atoms with E-state index in [1.807, 2.05) is 4.90 Å². The second-order valence-electron chi connectivity index (χ2n) is 5.76. The van der Waals surface area contributed by atoms with Gasteiger partial charge in [0, 0.05) is 30.1 Å². The SMILES string of the molecule is COc1ccc(Cl)cc1C(=O)N(C[C@@H]1CCOC1)C1CC1. The van der Waals surface area contributed by atoms with Crippen molar-refractivity contribution >= 4 is 17.5 Å². The maximum absolute atomic E-state index is 12.9. The first kappa shape index (κ1) is 14.7. The molecule has 1 aliphatic carbocycles. The number of methoxy groups -OCH3 is 1. The first-order valence-corrected chi connectivity index (χ1v) is 7.79. The molecule has 0 aromatic heterocycles. The highest BCUT2D eigenvalue weighted by atomic mass is 35.5. The third-order valence-corrected chi connectivity index (χ3v) is 4.35. The minimum Gasteiger partial charge on any atom is -0.496 e. The molecule has 1 aromatic carbocycles. The van der Waals surface area contributed by atoms with Crippen LogP contribution in [0.3, 0.4) is 0 Å². The Hall–Kier alpha value is -1.26. The van der Waals surface area contributed by atoms with Crippen LogP contribution in [0.25, 0.3) is 0 Å². The molecule has 21 heavy (non-hydrogen) atoms. The summed E-state index contributed by atoms with van der Waals surface area (Å²) in [6.07, 6.45) is 3.20. The summed E-state index contributed by atoms with van der Waals surface area (Å²) in [5.74, 6) is 1.04. The zero-order chi connectivity index (χ0) is 14.8. The number of ether oxygens (including phenoxy) is 2. The van der Waals surface area contributed by atoms with Gasteiger partial charge in [-0.05, 0) is 37.5 Å². The number of benzene rings is 1. The molecule has 5 heteroatoms. The maximum atomic E-state index is 12.9. The zero-order valence-corrected chi connectivity index (χ0v) is 12.9. The predicted molar refractivity (Wildman–Crippen MR) is 81.0 cm³/mol. The summed E-state index contributed by atoms with van der Waals surface area (Å²) in [5.41, 5.74) is 0.552. The Kier molecular flexibility index (Phi) is 4.36. The van der Waals surface area contributed by atoms with Gasteiger partial charge in [-0.1, -0.05) is 11.6 Å². The lowest BCUT2D eigenvalue weighted by Gasteiger charge is -2.26. The van der Waals surface area contributed by atoms with Crippen molar-refractivity contribution in [3.63, 3.8) is 0 Å². The van der Waals surface area contributed by atoms with Crippen LogP contribution >= 0.6 is 11.6 Å². The lowest BCUT2D eigenvalue weighted by Crippen LogP contribution is -2.37. The smallest absolute Gasteiger partial charge is 0.257 e. The predicted octanol–water partition coefficient (Wildman–Crippen LogP) is 2.99. The van der Waals surface area contributed by atoms with E-state index in [2.05, 4.69) is 0 Å². The molecular weight excluding hydrogens is 290 g/mol. The molecule has 4 nitrogen and oxygen atoms in total. The van der Waals surface area contributed by atoms with Crippen molar-refractivity contribution in [3.8, 4) is 5.75 Å². The summed E-state index contributed by atoms with van der Waals surface area (Å²) >= 11 is 6.04. The van der Waals surface area contributed by atoms with E-state index in [9.17, 15) is 4.79 Å². The molecule has 0 bridgehead atoms. The molecule has 1 amide bonds. The lowest BCUT2D eigenvalue weighted by atomic mass is 10.1. The summed E-state index contributed by atoms with van der Waals surface area (Å²) in [5, 5.41) is 0.555. The number of amides is 1. The van der Waals surface area contributed by atoms with Crippen LogP contribution in [0.15, 0.2) is 18.2 Å². The van der Waals surface area contributed by atoms with Crippen molar-refractivity contribution in [2.75, 3.05) is 26.9 Å². The molecule has 0 radical (unpaired) electrons. The van der Waals surface area contributed by atoms with Gasteiger partial charge in [-0.25, -0.2) is 0 Å². The first-order chi connectivity index (χ1) is 10.2. The topological polar surface area (TPSA) is 38.8 Å². The number of nitrogens with zero attached hydrogens (tertiary/aromatic N) is 1. The number of carbonyl (C=O) groups excluding carboxylic acids is 1. The number of hydrogen-bond donors (Lipinski definition) is 0. The molecule has 3 rings (SSSR count). The zero-order valence-electron chi connectivity index (χ0n) is 12.2. The van der Waals surface area contributed by atoms with Crippen molar-refractivity contribution in [2.45, 2.75) is 25.3 Å². The van der Waals surface area contributed by atoms with Crippen LogP contribution in [0.5, 0.6) is 5.75 Å². The van der Waals surface area contributed by atoms with Gasteiger partial charge >= 0.3 is 0 Å². The van der Waals surface area contributed by atoms with E-state index in [4.69, 9.17) is 21.1 Å². The van der Waals surface area contributed by atoms with E-state index in [0.717, 1.165) is 39.0 Å². The molecule has 0 spiro atoms. The van der Waals surface area contributed by atoms with Crippen molar-refractivity contribution in [3.05, 3.63) is 28.8 Å². The second-order valence-corrected chi connectivity index (χ2v) is 6.20. The number of halogens is 1. The molecular formula is C16H20ClNO3. The molecule has 2 aliphatic rings. The standard InChI is InChI=1S/C16H20ClNO3/c1-20-15-5-2-12(17)8-14(15)16(19)18(13-3-4-13)9-11-6-7-21-10-11/h2,5,8,11,13H,3-4,6-7,9-10H2,1H3/t11-/m0/s1.